The summed E-state index contributed by atoms with van der Waals surface area (Å²) in [6.45, 7) is 0.916. The quantitative estimate of drug-likeness (QED) is 0.715. The summed E-state index contributed by atoms with van der Waals surface area (Å²) in [4.78, 5) is 7.76. The number of H-pyrrole nitrogens is 1. The van der Waals surface area contributed by atoms with Gasteiger partial charge in [0.1, 0.15) is 0 Å². The SMILES string of the molecule is Cl.Cl.c1cncc(C2Cc3[nH]c4ccccc4c3CN2)c1. The Morgan fingerprint density at radius 1 is 1.05 bits per heavy atom. The number of pyridine rings is 1. The van der Waals surface area contributed by atoms with E-state index in [2.05, 4.69) is 45.6 Å². The van der Waals surface area contributed by atoms with E-state index in [-0.39, 0.29) is 24.8 Å². The molecular weight excluding hydrogens is 305 g/mol. The third kappa shape index (κ3) is 2.77. The fourth-order valence-electron chi connectivity index (χ4n) is 2.95. The maximum Gasteiger partial charge on any atom is 0.0459 e. The summed E-state index contributed by atoms with van der Waals surface area (Å²) in [5.74, 6) is 0. The highest BCUT2D eigenvalue weighted by atomic mass is 35.5. The molecule has 0 fully saturated rings. The first-order valence-corrected chi connectivity index (χ1v) is 6.63. The van der Waals surface area contributed by atoms with Crippen LogP contribution in [0.1, 0.15) is 22.9 Å². The zero-order valence-electron chi connectivity index (χ0n) is 11.4. The highest BCUT2D eigenvalue weighted by Gasteiger charge is 2.22. The molecule has 0 saturated carbocycles. The number of aromatic amines is 1. The van der Waals surface area contributed by atoms with Crippen molar-refractivity contribution < 1.29 is 0 Å². The van der Waals surface area contributed by atoms with Crippen LogP contribution in [0.4, 0.5) is 0 Å². The molecule has 3 aromatic rings. The Morgan fingerprint density at radius 3 is 2.71 bits per heavy atom. The van der Waals surface area contributed by atoms with Gasteiger partial charge in [0.2, 0.25) is 0 Å². The molecule has 3 heterocycles. The van der Waals surface area contributed by atoms with Crippen LogP contribution in [0, 0.1) is 0 Å². The first-order valence-electron chi connectivity index (χ1n) is 6.63. The molecule has 0 amide bonds. The summed E-state index contributed by atoms with van der Waals surface area (Å²) in [5.41, 5.74) is 5.26. The van der Waals surface area contributed by atoms with Gasteiger partial charge in [-0.25, -0.2) is 0 Å². The van der Waals surface area contributed by atoms with Crippen LogP contribution >= 0.6 is 24.8 Å². The Kier molecular flexibility index (Phi) is 4.88. The molecule has 0 saturated heterocycles. The lowest BCUT2D eigenvalue weighted by Crippen LogP contribution is -2.28. The molecule has 2 aromatic heterocycles. The summed E-state index contributed by atoms with van der Waals surface area (Å²) >= 11 is 0. The van der Waals surface area contributed by atoms with Crippen LogP contribution in [0.25, 0.3) is 10.9 Å². The Labute approximate surface area is 136 Å². The van der Waals surface area contributed by atoms with Crippen molar-refractivity contribution in [3.05, 3.63) is 65.6 Å². The summed E-state index contributed by atoms with van der Waals surface area (Å²) < 4.78 is 0. The van der Waals surface area contributed by atoms with Gasteiger partial charge >= 0.3 is 0 Å². The lowest BCUT2D eigenvalue weighted by atomic mass is 9.96. The minimum Gasteiger partial charge on any atom is -0.358 e. The van der Waals surface area contributed by atoms with E-state index in [0.717, 1.165) is 13.0 Å². The van der Waals surface area contributed by atoms with Crippen molar-refractivity contribution in [3.8, 4) is 0 Å². The van der Waals surface area contributed by atoms with E-state index in [0.29, 0.717) is 6.04 Å². The van der Waals surface area contributed by atoms with E-state index in [1.165, 1.54) is 27.7 Å². The van der Waals surface area contributed by atoms with Gasteiger partial charge in [-0.1, -0.05) is 24.3 Å². The minimum atomic E-state index is 0. The van der Waals surface area contributed by atoms with Crippen molar-refractivity contribution in [1.82, 2.24) is 15.3 Å². The van der Waals surface area contributed by atoms with Gasteiger partial charge in [0.05, 0.1) is 0 Å². The number of hydrogen-bond acceptors (Lipinski definition) is 2. The highest BCUT2D eigenvalue weighted by Crippen LogP contribution is 2.30. The predicted octanol–water partition coefficient (Wildman–Crippen LogP) is 3.79. The molecule has 1 aliphatic rings. The second kappa shape index (κ2) is 6.48. The molecule has 3 nitrogen and oxygen atoms in total. The van der Waals surface area contributed by atoms with Crippen molar-refractivity contribution in [1.29, 1.82) is 0 Å². The lowest BCUT2D eigenvalue weighted by molar-refractivity contribution is 0.495. The topological polar surface area (TPSA) is 40.7 Å². The fraction of sp³-hybridized carbons (Fsp3) is 0.188. The Bertz CT molecular complexity index is 725. The van der Waals surface area contributed by atoms with Gasteiger partial charge in [-0.3, -0.25) is 4.98 Å². The molecule has 5 heteroatoms. The number of nitrogens with one attached hydrogen (secondary N) is 2. The van der Waals surface area contributed by atoms with Crippen LogP contribution < -0.4 is 5.32 Å². The first kappa shape index (κ1) is 15.8. The number of fused-ring (bicyclic) bond motifs is 3. The van der Waals surface area contributed by atoms with Gasteiger partial charge in [0, 0.05) is 48.0 Å². The predicted molar refractivity (Wildman–Crippen MR) is 90.3 cm³/mol. The van der Waals surface area contributed by atoms with Crippen molar-refractivity contribution in [2.45, 2.75) is 19.0 Å². The number of aromatic nitrogens is 2. The van der Waals surface area contributed by atoms with E-state index < -0.39 is 0 Å². The molecule has 4 rings (SSSR count). The molecule has 1 aromatic carbocycles. The van der Waals surface area contributed by atoms with Gasteiger partial charge in [-0.15, -0.1) is 24.8 Å². The van der Waals surface area contributed by atoms with Crippen LogP contribution in [-0.4, -0.2) is 9.97 Å². The average Bonchev–Trinajstić information content (AvgIpc) is 2.86. The van der Waals surface area contributed by atoms with Crippen LogP contribution in [-0.2, 0) is 13.0 Å². The van der Waals surface area contributed by atoms with E-state index in [4.69, 9.17) is 0 Å². The van der Waals surface area contributed by atoms with Gasteiger partial charge < -0.3 is 10.3 Å². The molecule has 2 N–H and O–H groups in total. The normalized spacial score (nSPS) is 16.7. The first-order chi connectivity index (χ1) is 9.42. The average molecular weight is 322 g/mol. The monoisotopic (exact) mass is 321 g/mol. The molecule has 1 unspecified atom stereocenters. The summed E-state index contributed by atoms with van der Waals surface area (Å²) in [6.07, 6.45) is 4.77. The second-order valence-electron chi connectivity index (χ2n) is 5.05. The number of halogens is 2. The summed E-state index contributed by atoms with van der Waals surface area (Å²) in [5, 5.41) is 4.95. The summed E-state index contributed by atoms with van der Waals surface area (Å²) in [7, 11) is 0. The maximum absolute atomic E-state index is 4.21. The molecule has 0 aliphatic carbocycles. The largest absolute Gasteiger partial charge is 0.358 e. The zero-order chi connectivity index (χ0) is 12.7. The molecule has 1 atom stereocenters. The van der Waals surface area contributed by atoms with Gasteiger partial charge in [-0.05, 0) is 23.3 Å². The van der Waals surface area contributed by atoms with E-state index in [1.54, 1.807) is 0 Å². The fourth-order valence-corrected chi connectivity index (χ4v) is 2.95. The third-order valence-corrected chi connectivity index (χ3v) is 3.92. The number of hydrogen-bond donors (Lipinski definition) is 2. The lowest BCUT2D eigenvalue weighted by Gasteiger charge is -2.24. The number of para-hydroxylation sites is 1. The van der Waals surface area contributed by atoms with Crippen molar-refractivity contribution in [2.75, 3.05) is 0 Å². The zero-order valence-corrected chi connectivity index (χ0v) is 13.0. The van der Waals surface area contributed by atoms with Crippen LogP contribution in [0.5, 0.6) is 0 Å². The van der Waals surface area contributed by atoms with Crippen molar-refractivity contribution in [2.24, 2.45) is 0 Å². The molecule has 0 radical (unpaired) electrons. The molecule has 21 heavy (non-hydrogen) atoms. The second-order valence-corrected chi connectivity index (χ2v) is 5.05. The third-order valence-electron chi connectivity index (χ3n) is 3.92. The van der Waals surface area contributed by atoms with Gasteiger partial charge in [0.15, 0.2) is 0 Å². The molecule has 1 aliphatic heterocycles. The van der Waals surface area contributed by atoms with Crippen LogP contribution in [0.2, 0.25) is 0 Å². The van der Waals surface area contributed by atoms with Gasteiger partial charge in [-0.2, -0.15) is 0 Å². The molecular formula is C16H17Cl2N3. The van der Waals surface area contributed by atoms with E-state index in [9.17, 15) is 0 Å². The van der Waals surface area contributed by atoms with Gasteiger partial charge in [0.25, 0.3) is 0 Å². The number of rotatable bonds is 1. The Balaban J connectivity index is 0.000000807. The Morgan fingerprint density at radius 2 is 1.90 bits per heavy atom. The van der Waals surface area contributed by atoms with Crippen molar-refractivity contribution >= 4 is 35.7 Å². The highest BCUT2D eigenvalue weighted by molar-refractivity contribution is 5.86. The van der Waals surface area contributed by atoms with E-state index in [1.807, 2.05) is 18.5 Å². The molecule has 110 valence electrons. The Hall–Kier alpha value is -1.55. The number of nitrogens with zero attached hydrogens (tertiary/aromatic N) is 1. The number of benzene rings is 1. The minimum absolute atomic E-state index is 0. The molecule has 0 spiro atoms. The molecule has 0 bridgehead atoms. The van der Waals surface area contributed by atoms with Crippen LogP contribution in [0.15, 0.2) is 48.8 Å². The smallest absolute Gasteiger partial charge is 0.0459 e. The van der Waals surface area contributed by atoms with E-state index >= 15 is 0 Å². The van der Waals surface area contributed by atoms with Crippen LogP contribution in [0.3, 0.4) is 0 Å². The maximum atomic E-state index is 4.21. The standard InChI is InChI=1S/C16H15N3.2ClH/c1-2-6-14-12(5-1)13-10-18-15(8-16(13)19-14)11-4-3-7-17-9-11;;/h1-7,9,15,18-19H,8,10H2;2*1H. The van der Waals surface area contributed by atoms with Crippen molar-refractivity contribution in [3.63, 3.8) is 0 Å². The summed E-state index contributed by atoms with van der Waals surface area (Å²) in [6, 6.07) is 13.0.